The smallest absolute Gasteiger partial charge is 0.129 e. The molecule has 4 rings (SSSR count). The molecule has 2 nitrogen and oxygen atoms in total. The molecule has 0 unspecified atom stereocenters. The molecule has 4 aromatic rings. The van der Waals surface area contributed by atoms with Gasteiger partial charge in [-0.15, -0.1) is 22.9 Å². The second-order valence-corrected chi connectivity index (χ2v) is 6.42. The van der Waals surface area contributed by atoms with Crippen LogP contribution in [-0.2, 0) is 5.88 Å². The second kappa shape index (κ2) is 5.02. The molecule has 0 amide bonds. The van der Waals surface area contributed by atoms with E-state index in [4.69, 9.17) is 23.2 Å². The summed E-state index contributed by atoms with van der Waals surface area (Å²) in [6, 6.07) is 14.2. The van der Waals surface area contributed by atoms with Crippen LogP contribution in [0.15, 0.2) is 47.8 Å². The maximum Gasteiger partial charge on any atom is 0.129 e. The molecule has 104 valence electrons. The van der Waals surface area contributed by atoms with Crippen LogP contribution in [0.25, 0.3) is 26.8 Å². The first kappa shape index (κ1) is 13.1. The third-order valence-corrected chi connectivity index (χ3v) is 4.87. The summed E-state index contributed by atoms with van der Waals surface area (Å²) in [5.74, 6) is 1.18. The molecule has 0 spiro atoms. The van der Waals surface area contributed by atoms with Crippen molar-refractivity contribution in [1.82, 2.24) is 9.55 Å². The zero-order chi connectivity index (χ0) is 14.4. The van der Waals surface area contributed by atoms with Crippen LogP contribution in [-0.4, -0.2) is 9.55 Å². The summed E-state index contributed by atoms with van der Waals surface area (Å²) >= 11 is 13.9. The van der Waals surface area contributed by atoms with E-state index < -0.39 is 0 Å². The van der Waals surface area contributed by atoms with Crippen molar-refractivity contribution in [3.8, 4) is 5.69 Å². The summed E-state index contributed by atoms with van der Waals surface area (Å²) in [5, 5.41) is 4.02. The molecular weight excluding hydrogens is 323 g/mol. The van der Waals surface area contributed by atoms with Gasteiger partial charge in [0, 0.05) is 15.4 Å². The van der Waals surface area contributed by atoms with Crippen LogP contribution < -0.4 is 0 Å². The van der Waals surface area contributed by atoms with Gasteiger partial charge in [0.1, 0.15) is 5.82 Å². The van der Waals surface area contributed by atoms with E-state index in [2.05, 4.69) is 39.2 Å². The second-order valence-electron chi connectivity index (χ2n) is 4.77. The van der Waals surface area contributed by atoms with Crippen molar-refractivity contribution in [2.75, 3.05) is 0 Å². The Bertz CT molecular complexity index is 955. The molecule has 0 radical (unpaired) electrons. The molecule has 0 aliphatic carbocycles. The van der Waals surface area contributed by atoms with Gasteiger partial charge in [0.2, 0.25) is 0 Å². The number of aromatic nitrogens is 2. The van der Waals surface area contributed by atoms with Gasteiger partial charge in [-0.2, -0.15) is 0 Å². The molecular formula is C16H10Cl2N2S. The largest absolute Gasteiger partial charge is 0.295 e. The van der Waals surface area contributed by atoms with Gasteiger partial charge >= 0.3 is 0 Å². The van der Waals surface area contributed by atoms with Gasteiger partial charge < -0.3 is 0 Å². The van der Waals surface area contributed by atoms with Crippen LogP contribution in [0.5, 0.6) is 0 Å². The molecule has 2 aromatic carbocycles. The molecule has 0 N–H and O–H groups in total. The van der Waals surface area contributed by atoms with E-state index in [0.29, 0.717) is 10.9 Å². The van der Waals surface area contributed by atoms with Crippen molar-refractivity contribution < 1.29 is 0 Å². The lowest BCUT2D eigenvalue weighted by Gasteiger charge is -2.08. The maximum atomic E-state index is 6.14. The highest BCUT2D eigenvalue weighted by atomic mass is 35.5. The van der Waals surface area contributed by atoms with Crippen molar-refractivity contribution in [2.24, 2.45) is 0 Å². The van der Waals surface area contributed by atoms with E-state index >= 15 is 0 Å². The first-order valence-electron chi connectivity index (χ1n) is 6.47. The first-order chi connectivity index (χ1) is 10.3. The van der Waals surface area contributed by atoms with Crippen molar-refractivity contribution in [2.45, 2.75) is 5.88 Å². The van der Waals surface area contributed by atoms with Gasteiger partial charge in [0.25, 0.3) is 0 Å². The number of halogens is 2. The van der Waals surface area contributed by atoms with Gasteiger partial charge in [-0.05, 0) is 53.2 Å². The zero-order valence-electron chi connectivity index (χ0n) is 10.9. The molecule has 21 heavy (non-hydrogen) atoms. The number of thiophene rings is 1. The number of alkyl halides is 1. The lowest BCUT2D eigenvalue weighted by atomic mass is 10.2. The van der Waals surface area contributed by atoms with E-state index in [1.54, 1.807) is 11.3 Å². The van der Waals surface area contributed by atoms with E-state index in [0.717, 1.165) is 22.5 Å². The molecule has 5 heteroatoms. The summed E-state index contributed by atoms with van der Waals surface area (Å²) in [4.78, 5) is 4.59. The minimum atomic E-state index is 0.355. The first-order valence-corrected chi connectivity index (χ1v) is 8.26. The summed E-state index contributed by atoms with van der Waals surface area (Å²) in [7, 11) is 0. The Hall–Kier alpha value is -1.55. The molecule has 0 saturated carbocycles. The highest BCUT2D eigenvalue weighted by Gasteiger charge is 2.12. The Morgan fingerprint density at radius 1 is 1.10 bits per heavy atom. The van der Waals surface area contributed by atoms with Crippen LogP contribution >= 0.6 is 34.5 Å². The summed E-state index contributed by atoms with van der Waals surface area (Å²) in [6.45, 7) is 0. The predicted octanol–water partition coefficient (Wildman–Crippen LogP) is 5.63. The average molecular weight is 333 g/mol. The Morgan fingerprint density at radius 2 is 2.00 bits per heavy atom. The summed E-state index contributed by atoms with van der Waals surface area (Å²) < 4.78 is 3.35. The van der Waals surface area contributed by atoms with E-state index in [9.17, 15) is 0 Å². The van der Waals surface area contributed by atoms with Crippen LogP contribution in [0.2, 0.25) is 5.02 Å². The van der Waals surface area contributed by atoms with Gasteiger partial charge in [0.05, 0.1) is 16.9 Å². The van der Waals surface area contributed by atoms with Gasteiger partial charge in [-0.1, -0.05) is 11.6 Å². The van der Waals surface area contributed by atoms with Crippen LogP contribution in [0.3, 0.4) is 0 Å². The summed E-state index contributed by atoms with van der Waals surface area (Å²) in [5.41, 5.74) is 2.94. The summed E-state index contributed by atoms with van der Waals surface area (Å²) in [6.07, 6.45) is 0. The predicted molar refractivity (Wildman–Crippen MR) is 91.0 cm³/mol. The fourth-order valence-corrected chi connectivity index (χ4v) is 3.69. The monoisotopic (exact) mass is 332 g/mol. The Kier molecular flexibility index (Phi) is 3.14. The standard InChI is InChI=1S/C16H10Cl2N2S/c17-9-16-19-13-3-1-11(18)8-14(13)20(16)12-2-4-15-10(7-12)5-6-21-15/h1-8H,9H2. The third-order valence-electron chi connectivity index (χ3n) is 3.50. The van der Waals surface area contributed by atoms with E-state index in [-0.39, 0.29) is 0 Å². The molecule has 2 aromatic heterocycles. The lowest BCUT2D eigenvalue weighted by molar-refractivity contribution is 0.984. The molecule has 0 aliphatic heterocycles. The number of nitrogens with zero attached hydrogens (tertiary/aromatic N) is 2. The molecule has 0 aliphatic rings. The molecule has 0 atom stereocenters. The van der Waals surface area contributed by atoms with Crippen molar-refractivity contribution in [3.63, 3.8) is 0 Å². The fourth-order valence-electron chi connectivity index (χ4n) is 2.57. The SMILES string of the molecule is ClCc1nc2ccc(Cl)cc2n1-c1ccc2sccc2c1. The van der Waals surface area contributed by atoms with Gasteiger partial charge in [-0.25, -0.2) is 4.98 Å². The third kappa shape index (κ3) is 2.13. The number of fused-ring (bicyclic) bond motifs is 2. The minimum Gasteiger partial charge on any atom is -0.295 e. The fraction of sp³-hybridized carbons (Fsp3) is 0.0625. The number of rotatable bonds is 2. The van der Waals surface area contributed by atoms with Crippen LogP contribution in [0, 0.1) is 0 Å². The lowest BCUT2D eigenvalue weighted by Crippen LogP contribution is -1.98. The molecule has 0 fully saturated rings. The number of hydrogen-bond donors (Lipinski definition) is 0. The number of benzene rings is 2. The quantitative estimate of drug-likeness (QED) is 0.435. The number of hydrogen-bond acceptors (Lipinski definition) is 2. The molecule has 0 saturated heterocycles. The number of imidazole rings is 1. The van der Waals surface area contributed by atoms with Gasteiger partial charge in [0.15, 0.2) is 0 Å². The van der Waals surface area contributed by atoms with Gasteiger partial charge in [-0.3, -0.25) is 4.57 Å². The maximum absolute atomic E-state index is 6.14. The van der Waals surface area contributed by atoms with Crippen LogP contribution in [0.1, 0.15) is 5.82 Å². The van der Waals surface area contributed by atoms with E-state index in [1.807, 2.05) is 18.2 Å². The average Bonchev–Trinajstić information content (AvgIpc) is 3.09. The minimum absolute atomic E-state index is 0.355. The van der Waals surface area contributed by atoms with Crippen molar-refractivity contribution >= 4 is 55.7 Å². The van der Waals surface area contributed by atoms with Crippen molar-refractivity contribution in [1.29, 1.82) is 0 Å². The molecule has 0 bridgehead atoms. The Labute approximate surface area is 135 Å². The topological polar surface area (TPSA) is 17.8 Å². The highest BCUT2D eigenvalue weighted by Crippen LogP contribution is 2.28. The zero-order valence-corrected chi connectivity index (χ0v) is 13.2. The van der Waals surface area contributed by atoms with Crippen molar-refractivity contribution in [3.05, 3.63) is 58.7 Å². The Morgan fingerprint density at radius 3 is 2.86 bits per heavy atom. The van der Waals surface area contributed by atoms with Crippen LogP contribution in [0.4, 0.5) is 0 Å². The van der Waals surface area contributed by atoms with E-state index in [1.165, 1.54) is 10.1 Å². The normalized spacial score (nSPS) is 11.5. The molecule has 2 heterocycles. The highest BCUT2D eigenvalue weighted by molar-refractivity contribution is 7.17. The Balaban J connectivity index is 2.05.